The minimum Gasteiger partial charge on any atom is -0.414 e. The van der Waals surface area contributed by atoms with Crippen LogP contribution < -0.4 is 0 Å². The molecule has 0 amide bonds. The Morgan fingerprint density at radius 2 is 1.42 bits per heavy atom. The van der Waals surface area contributed by atoms with E-state index in [0.29, 0.717) is 28.5 Å². The molecule has 290 valence electrons. The van der Waals surface area contributed by atoms with Gasteiger partial charge < -0.3 is 18.3 Å². The fourth-order valence-electron chi connectivity index (χ4n) is 7.96. The van der Waals surface area contributed by atoms with Gasteiger partial charge in [-0.2, -0.15) is 0 Å². The minimum absolute atomic E-state index is 0.0532. The van der Waals surface area contributed by atoms with Crippen molar-refractivity contribution in [2.24, 2.45) is 23.7 Å². The van der Waals surface area contributed by atoms with Gasteiger partial charge in [-0.1, -0.05) is 143 Å². The van der Waals surface area contributed by atoms with Gasteiger partial charge in [0.25, 0.3) is 0 Å². The van der Waals surface area contributed by atoms with Crippen molar-refractivity contribution in [3.8, 4) is 0 Å². The van der Waals surface area contributed by atoms with Gasteiger partial charge in [-0.05, 0) is 100 Å². The zero-order valence-corrected chi connectivity index (χ0v) is 38.0. The molecule has 0 aromatic heterocycles. The van der Waals surface area contributed by atoms with E-state index in [1.165, 1.54) is 11.1 Å². The van der Waals surface area contributed by atoms with Gasteiger partial charge in [-0.15, -0.1) is 0 Å². The van der Waals surface area contributed by atoms with E-state index in [0.717, 1.165) is 25.7 Å². The van der Waals surface area contributed by atoms with Crippen LogP contribution in [0.5, 0.6) is 0 Å². The van der Waals surface area contributed by atoms with Crippen LogP contribution in [0, 0.1) is 23.7 Å². The Balaban J connectivity index is 3.16. The molecule has 1 heterocycles. The lowest BCUT2D eigenvalue weighted by atomic mass is 9.83. The van der Waals surface area contributed by atoms with E-state index in [9.17, 15) is 0 Å². The maximum Gasteiger partial charge on any atom is 0.200 e. The predicted octanol–water partition coefficient (Wildman–Crippen LogP) is 13.6. The van der Waals surface area contributed by atoms with Crippen molar-refractivity contribution in [1.82, 2.24) is 0 Å². The fourth-order valence-corrected chi connectivity index (χ4v) is 14.9. The van der Waals surface area contributed by atoms with E-state index in [1.54, 1.807) is 0 Å². The molecular weight excluding hydrogens is 649 g/mol. The number of rotatable bonds is 22. The van der Waals surface area contributed by atoms with Gasteiger partial charge >= 0.3 is 0 Å². The van der Waals surface area contributed by atoms with Crippen LogP contribution in [0.1, 0.15) is 130 Å². The normalized spacial score (nSPS) is 22.4. The third-order valence-electron chi connectivity index (χ3n) is 10.5. The highest BCUT2D eigenvalue weighted by molar-refractivity contribution is 6.77. The van der Waals surface area contributed by atoms with Gasteiger partial charge in [0.2, 0.25) is 8.32 Å². The minimum atomic E-state index is -2.06. The summed E-state index contributed by atoms with van der Waals surface area (Å²) < 4.78 is 26.6. The van der Waals surface area contributed by atoms with Crippen molar-refractivity contribution in [3.63, 3.8) is 0 Å². The Kier molecular flexibility index (Phi) is 20.9. The van der Waals surface area contributed by atoms with Gasteiger partial charge in [0, 0.05) is 5.92 Å². The molecule has 4 nitrogen and oxygen atoms in total. The van der Waals surface area contributed by atoms with Crippen LogP contribution in [0.3, 0.4) is 0 Å². The van der Waals surface area contributed by atoms with Gasteiger partial charge in [0.1, 0.15) is 0 Å². The summed E-state index contributed by atoms with van der Waals surface area (Å²) in [5, 5.41) is 0. The molecule has 0 N–H and O–H groups in total. The third kappa shape index (κ3) is 15.5. The average molecular weight is 731 g/mol. The van der Waals surface area contributed by atoms with Gasteiger partial charge in [0.05, 0.1) is 24.4 Å². The van der Waals surface area contributed by atoms with E-state index >= 15 is 0 Å². The van der Waals surface area contributed by atoms with Crippen molar-refractivity contribution in [2.75, 3.05) is 0 Å². The van der Waals surface area contributed by atoms with E-state index in [-0.39, 0.29) is 42.5 Å². The molecule has 0 bridgehead atoms. The summed E-state index contributed by atoms with van der Waals surface area (Å²) >= 11 is 0. The van der Waals surface area contributed by atoms with E-state index < -0.39 is 16.6 Å². The number of ether oxygens (including phenoxy) is 2. The predicted molar refractivity (Wildman–Crippen MR) is 225 cm³/mol. The van der Waals surface area contributed by atoms with Crippen molar-refractivity contribution in [1.29, 1.82) is 0 Å². The van der Waals surface area contributed by atoms with Crippen LogP contribution in [0.2, 0.25) is 36.3 Å². The lowest BCUT2D eigenvalue weighted by Crippen LogP contribution is -2.55. The zero-order valence-electron chi connectivity index (χ0n) is 36.0. The molecule has 0 saturated carbocycles. The number of hydrogen-bond acceptors (Lipinski definition) is 4. The van der Waals surface area contributed by atoms with Crippen molar-refractivity contribution in [2.45, 2.75) is 197 Å². The molecule has 0 radical (unpaired) electrons. The van der Waals surface area contributed by atoms with Crippen LogP contribution in [0.15, 0.2) is 59.8 Å². The smallest absolute Gasteiger partial charge is 0.200 e. The van der Waals surface area contributed by atoms with E-state index in [1.807, 2.05) is 19.9 Å². The molecule has 8 atom stereocenters. The molecule has 0 aromatic rings. The molecule has 0 unspecified atom stereocenters. The van der Waals surface area contributed by atoms with Gasteiger partial charge in [0.15, 0.2) is 14.6 Å². The topological polar surface area (TPSA) is 36.9 Å². The molecule has 6 heteroatoms. The second-order valence-electron chi connectivity index (χ2n) is 17.6. The first-order valence-electron chi connectivity index (χ1n) is 20.2. The molecule has 0 fully saturated rings. The monoisotopic (exact) mass is 731 g/mol. The standard InChI is InChI=1S/C44H82O4Si2/c1-19-37(13)43(48-50(32(5)6,33(7)8)34(9)10)39(15)44(47-49(16,17)18)38(14)29-35(11)23-21-24-36(12)30-40(20-2)27-28-41-25-22-26-42(46-41)45-31(3)4/h21-23,26-34,36-39,41-44H,19-20,24-25H2,1-18H3/b23-21+,28-27+,35-29+,40-30-/t36-,37+,38-,39-,41-,42-,43-,44-/m1/s1. The lowest BCUT2D eigenvalue weighted by molar-refractivity contribution is -0.154. The summed E-state index contributed by atoms with van der Waals surface area (Å²) in [4.78, 5) is 0. The molecule has 0 saturated heterocycles. The second-order valence-corrected chi connectivity index (χ2v) is 27.4. The summed E-state index contributed by atoms with van der Waals surface area (Å²) in [6.45, 7) is 41.8. The van der Waals surface area contributed by atoms with Gasteiger partial charge in [-0.25, -0.2) is 0 Å². The second kappa shape index (κ2) is 22.3. The Labute approximate surface area is 313 Å². The lowest BCUT2D eigenvalue weighted by Gasteiger charge is -2.49. The van der Waals surface area contributed by atoms with Crippen molar-refractivity contribution < 1.29 is 18.3 Å². The molecule has 1 aliphatic heterocycles. The first-order chi connectivity index (χ1) is 23.2. The first-order valence-corrected chi connectivity index (χ1v) is 25.8. The highest BCUT2D eigenvalue weighted by atomic mass is 28.4. The Morgan fingerprint density at radius 1 is 0.820 bits per heavy atom. The van der Waals surface area contributed by atoms with E-state index in [4.69, 9.17) is 18.3 Å². The third-order valence-corrected chi connectivity index (χ3v) is 17.6. The van der Waals surface area contributed by atoms with Crippen LogP contribution >= 0.6 is 0 Å². The van der Waals surface area contributed by atoms with Gasteiger partial charge in [-0.3, -0.25) is 0 Å². The van der Waals surface area contributed by atoms with Crippen LogP contribution in [-0.4, -0.2) is 47.3 Å². The number of hydrogen-bond donors (Lipinski definition) is 0. The largest absolute Gasteiger partial charge is 0.414 e. The maximum atomic E-state index is 7.60. The summed E-state index contributed by atoms with van der Waals surface area (Å²) in [6, 6.07) is 0. The quantitative estimate of drug-likeness (QED) is 0.0631. The molecule has 50 heavy (non-hydrogen) atoms. The Bertz CT molecular complexity index is 1090. The average Bonchev–Trinajstić information content (AvgIpc) is 3.00. The molecule has 0 spiro atoms. The summed E-state index contributed by atoms with van der Waals surface area (Å²) in [5.41, 5.74) is 4.33. The summed E-state index contributed by atoms with van der Waals surface area (Å²) in [7, 11) is -3.88. The van der Waals surface area contributed by atoms with E-state index in [2.05, 4.69) is 152 Å². The van der Waals surface area contributed by atoms with Crippen LogP contribution in [0.25, 0.3) is 0 Å². The number of allylic oxidation sites excluding steroid dienone is 6. The van der Waals surface area contributed by atoms with Crippen LogP contribution in [0.4, 0.5) is 0 Å². The summed E-state index contributed by atoms with van der Waals surface area (Å²) in [5.74, 6) is 1.49. The van der Waals surface area contributed by atoms with Crippen molar-refractivity contribution in [3.05, 3.63) is 59.8 Å². The first kappa shape index (κ1) is 47.0. The Hall–Kier alpha value is -1.03. The van der Waals surface area contributed by atoms with Crippen LogP contribution in [-0.2, 0) is 18.3 Å². The SMILES string of the molecule is CCC(=C/[C@H](C)C/C=C/C(C)=C/[C@@H](C)[C@@H](O[Si](C)(C)C)[C@H](C)[C@H](O[Si](C(C)C)(C(C)C)C(C)C)[C@@H](C)CC)/C=C/[C@H]1CC=C[C@H](OC(C)C)O1. The Morgan fingerprint density at radius 3 is 1.92 bits per heavy atom. The molecular formula is C44H82O4Si2. The highest BCUT2D eigenvalue weighted by Gasteiger charge is 2.49. The molecule has 1 aliphatic rings. The molecule has 1 rings (SSSR count). The highest BCUT2D eigenvalue weighted by Crippen LogP contribution is 2.45. The molecule has 0 aliphatic carbocycles. The summed E-state index contributed by atoms with van der Waals surface area (Å²) in [6.07, 6.45) is 22.4. The van der Waals surface area contributed by atoms with Crippen molar-refractivity contribution >= 4 is 16.6 Å². The maximum absolute atomic E-state index is 7.60. The zero-order chi connectivity index (χ0) is 38.4. The fraction of sp³-hybridized carbons (Fsp3) is 0.773. The molecule has 0 aromatic carbocycles.